The molecule has 0 spiro atoms. The fourth-order valence-electron chi connectivity index (χ4n) is 3.69. The molecule has 188 valence electrons. The van der Waals surface area contributed by atoms with Gasteiger partial charge in [-0.1, -0.05) is 42.5 Å². The number of phenolic OH excluding ortho intramolecular Hbond substituents is 2. The van der Waals surface area contributed by atoms with Gasteiger partial charge in [0.15, 0.2) is 16.2 Å². The number of phenols is 2. The minimum Gasteiger partial charge on any atom is -0.508 e. The number of rotatable bonds is 6. The highest BCUT2D eigenvalue weighted by atomic mass is 32.2. The highest BCUT2D eigenvalue weighted by Crippen LogP contribution is 2.36. The largest absolute Gasteiger partial charge is 0.508 e. The predicted molar refractivity (Wildman–Crippen MR) is 128 cm³/mol. The Morgan fingerprint density at radius 3 is 2.34 bits per heavy atom. The zero-order valence-corrected chi connectivity index (χ0v) is 19.5. The van der Waals surface area contributed by atoms with Gasteiger partial charge in [0.05, 0.1) is 5.36 Å². The lowest BCUT2D eigenvalue weighted by Crippen LogP contribution is -2.48. The van der Waals surface area contributed by atoms with Crippen molar-refractivity contribution in [1.82, 2.24) is 0 Å². The quantitative estimate of drug-likeness (QED) is 0.0911. The van der Waals surface area contributed by atoms with E-state index in [0.29, 0.717) is 0 Å². The number of ketones is 1. The topological polar surface area (TPSA) is 223 Å². The van der Waals surface area contributed by atoms with Crippen LogP contribution in [0.4, 0.5) is 0 Å². The molecule has 0 aliphatic carbocycles. The number of carbonyl (C=O) groups is 1. The molecule has 0 saturated heterocycles. The van der Waals surface area contributed by atoms with E-state index < -0.39 is 76.0 Å². The number of fused-ring (bicyclic) bond motifs is 1. The first-order valence-electron chi connectivity index (χ1n) is 10.3. The van der Waals surface area contributed by atoms with Gasteiger partial charge in [0.2, 0.25) is 16.6 Å². The molecule has 0 radical (unpaired) electrons. The molecule has 0 unspecified atom stereocenters. The molecule has 0 aromatic heterocycles. The predicted octanol–water partition coefficient (Wildman–Crippen LogP) is 1.35. The lowest BCUT2D eigenvalue weighted by Gasteiger charge is -2.14. The Kier molecular flexibility index (Phi) is 6.56. The SMILES string of the molecule is N#[N+]N=c1c(=NN=[N-])c(=O)c(=O)c2cccc(S(=O)(=O)Oc3cc(O)cc(O)c3C(=O)c3ccccc3)c12. The molecule has 0 atom stereocenters. The van der Waals surface area contributed by atoms with Gasteiger partial charge in [0, 0.05) is 28.5 Å². The lowest BCUT2D eigenvalue weighted by molar-refractivity contribution is 0.103. The number of aromatic hydroxyl groups is 2. The Morgan fingerprint density at radius 1 is 0.974 bits per heavy atom. The summed E-state index contributed by atoms with van der Waals surface area (Å²) in [5.74, 6) is -3.05. The molecule has 4 rings (SSSR count). The highest BCUT2D eigenvalue weighted by molar-refractivity contribution is 7.87. The summed E-state index contributed by atoms with van der Waals surface area (Å²) in [6.45, 7) is 0. The van der Waals surface area contributed by atoms with E-state index in [9.17, 15) is 33.0 Å². The fourth-order valence-corrected chi connectivity index (χ4v) is 4.85. The second-order valence-electron chi connectivity index (χ2n) is 7.48. The van der Waals surface area contributed by atoms with Crippen LogP contribution < -0.4 is 25.8 Å². The van der Waals surface area contributed by atoms with Crippen molar-refractivity contribution in [2.24, 2.45) is 15.4 Å². The van der Waals surface area contributed by atoms with E-state index in [1.54, 1.807) is 6.07 Å². The molecule has 4 aromatic carbocycles. The number of hydrogen-bond acceptors (Lipinski definition) is 11. The van der Waals surface area contributed by atoms with Crippen LogP contribution in [0.5, 0.6) is 17.2 Å². The van der Waals surface area contributed by atoms with Gasteiger partial charge in [-0.05, 0) is 6.07 Å². The average Bonchev–Trinajstić information content (AvgIpc) is 2.88. The highest BCUT2D eigenvalue weighted by Gasteiger charge is 2.28. The molecule has 15 heteroatoms. The first-order chi connectivity index (χ1) is 18.1. The molecule has 0 bridgehead atoms. The summed E-state index contributed by atoms with van der Waals surface area (Å²) in [6.07, 6.45) is 0. The van der Waals surface area contributed by atoms with Crippen molar-refractivity contribution < 1.29 is 27.6 Å². The fraction of sp³-hybridized carbons (Fsp3) is 0. The van der Waals surface area contributed by atoms with Crippen molar-refractivity contribution in [3.8, 4) is 17.2 Å². The summed E-state index contributed by atoms with van der Waals surface area (Å²) in [5.41, 5.74) is 5.69. The van der Waals surface area contributed by atoms with Gasteiger partial charge in [-0.15, -0.1) is 0 Å². The maximum atomic E-state index is 13.5. The van der Waals surface area contributed by atoms with E-state index in [2.05, 4.69) is 20.5 Å². The van der Waals surface area contributed by atoms with Crippen molar-refractivity contribution in [2.45, 2.75) is 4.90 Å². The average molecular weight is 532 g/mol. The Hall–Kier alpha value is -5.62. The molecule has 0 heterocycles. The van der Waals surface area contributed by atoms with Crippen LogP contribution in [0.3, 0.4) is 0 Å². The minimum absolute atomic E-state index is 0.0597. The van der Waals surface area contributed by atoms with Gasteiger partial charge in [-0.3, -0.25) is 19.6 Å². The Morgan fingerprint density at radius 2 is 1.68 bits per heavy atom. The second kappa shape index (κ2) is 9.79. The molecule has 0 aliphatic rings. The standard InChI is InChI=1S/C23H12N6O8S/c24-28-26-19-17-13(22(33)23(34)20(19)27-29-25)7-4-8-16(17)38(35,36)37-15-10-12(30)9-14(31)18(15)21(32)11-5-2-1-3-6-11/h1-10,30-31H. The summed E-state index contributed by atoms with van der Waals surface area (Å²) >= 11 is 0. The van der Waals surface area contributed by atoms with Crippen LogP contribution in [0.1, 0.15) is 15.9 Å². The summed E-state index contributed by atoms with van der Waals surface area (Å²) in [5, 5.41) is 37.9. The number of benzene rings is 4. The van der Waals surface area contributed by atoms with Crippen molar-refractivity contribution in [3.63, 3.8) is 0 Å². The van der Waals surface area contributed by atoms with Gasteiger partial charge in [0.1, 0.15) is 22.0 Å². The Labute approximate surface area is 211 Å². The zero-order chi connectivity index (χ0) is 27.6. The third-order valence-corrected chi connectivity index (χ3v) is 6.52. The van der Waals surface area contributed by atoms with E-state index >= 15 is 0 Å². The maximum Gasteiger partial charge on any atom is 0.339 e. The third-order valence-electron chi connectivity index (χ3n) is 5.24. The van der Waals surface area contributed by atoms with Gasteiger partial charge in [-0.25, -0.2) is 0 Å². The van der Waals surface area contributed by atoms with Crippen LogP contribution in [0.15, 0.2) is 90.6 Å². The van der Waals surface area contributed by atoms with Crippen LogP contribution in [-0.2, 0) is 10.1 Å². The number of diazo groups is 1. The van der Waals surface area contributed by atoms with E-state index in [1.807, 2.05) is 0 Å². The Bertz CT molecular complexity index is 2030. The Balaban J connectivity index is 2.03. The second-order valence-corrected chi connectivity index (χ2v) is 9.00. The van der Waals surface area contributed by atoms with Crippen molar-refractivity contribution >= 4 is 26.7 Å². The third kappa shape index (κ3) is 4.38. The monoisotopic (exact) mass is 532 g/mol. The van der Waals surface area contributed by atoms with Crippen LogP contribution in [0, 0.1) is 5.39 Å². The van der Waals surface area contributed by atoms with Crippen LogP contribution in [0.2, 0.25) is 0 Å². The van der Waals surface area contributed by atoms with Crippen LogP contribution >= 0.6 is 0 Å². The first kappa shape index (κ1) is 25.5. The first-order valence-corrected chi connectivity index (χ1v) is 11.7. The van der Waals surface area contributed by atoms with Gasteiger partial charge in [0.25, 0.3) is 5.39 Å². The number of hydrogen-bond donors (Lipinski definition) is 2. The van der Waals surface area contributed by atoms with Crippen molar-refractivity contribution in [3.05, 3.63) is 114 Å². The molecule has 14 nitrogen and oxygen atoms in total. The summed E-state index contributed by atoms with van der Waals surface area (Å²) < 4.78 is 32.1. The summed E-state index contributed by atoms with van der Waals surface area (Å²) in [6, 6.07) is 12.2. The van der Waals surface area contributed by atoms with E-state index in [1.165, 1.54) is 24.3 Å². The van der Waals surface area contributed by atoms with Gasteiger partial charge in [-0.2, -0.15) is 8.42 Å². The molecule has 38 heavy (non-hydrogen) atoms. The zero-order valence-electron chi connectivity index (χ0n) is 18.7. The number of carbonyl (C=O) groups excluding carboxylic acids is 1. The molecule has 0 fully saturated rings. The van der Waals surface area contributed by atoms with Gasteiger partial charge < -0.3 is 25.0 Å². The van der Waals surface area contributed by atoms with Crippen LogP contribution in [-0.4, -0.2) is 24.4 Å². The smallest absolute Gasteiger partial charge is 0.339 e. The van der Waals surface area contributed by atoms with E-state index in [4.69, 9.17) is 15.1 Å². The minimum atomic E-state index is -5.05. The molecule has 0 amide bonds. The molecule has 2 N–H and O–H groups in total. The molecule has 4 aromatic rings. The van der Waals surface area contributed by atoms with Crippen molar-refractivity contribution in [2.75, 3.05) is 0 Å². The normalized spacial score (nSPS) is 12.3. The summed E-state index contributed by atoms with van der Waals surface area (Å²) in [4.78, 5) is 37.3. The summed E-state index contributed by atoms with van der Waals surface area (Å²) in [7, 11) is -5.05. The molecular weight excluding hydrogens is 520 g/mol. The van der Waals surface area contributed by atoms with E-state index in [-0.39, 0.29) is 5.56 Å². The van der Waals surface area contributed by atoms with Crippen molar-refractivity contribution in [1.29, 1.82) is 5.39 Å². The van der Waals surface area contributed by atoms with Gasteiger partial charge >= 0.3 is 15.2 Å². The molecular formula is C23H12N6O8S. The molecule has 0 saturated carbocycles. The maximum absolute atomic E-state index is 13.5. The molecule has 0 aliphatic heterocycles. The lowest BCUT2D eigenvalue weighted by atomic mass is 10.0. The number of nitrogens with zero attached hydrogens (tertiary/aromatic N) is 6. The van der Waals surface area contributed by atoms with Crippen LogP contribution in [0.25, 0.3) is 21.4 Å². The van der Waals surface area contributed by atoms with E-state index in [0.717, 1.165) is 30.3 Å².